The van der Waals surface area contributed by atoms with Gasteiger partial charge in [0, 0.05) is 62.1 Å². The van der Waals surface area contributed by atoms with E-state index in [1.807, 2.05) is 52.8 Å². The van der Waals surface area contributed by atoms with Crippen LogP contribution in [0.5, 0.6) is 0 Å². The van der Waals surface area contributed by atoms with Crippen LogP contribution >= 0.6 is 11.6 Å². The van der Waals surface area contributed by atoms with Crippen molar-refractivity contribution in [3.8, 4) is 0 Å². The van der Waals surface area contributed by atoms with Crippen molar-refractivity contribution >= 4 is 29.1 Å². The number of aromatic nitrogens is 2. The quantitative estimate of drug-likeness (QED) is 0.568. The van der Waals surface area contributed by atoms with E-state index in [4.69, 9.17) is 11.6 Å². The van der Waals surface area contributed by atoms with Crippen molar-refractivity contribution in [1.82, 2.24) is 19.4 Å². The van der Waals surface area contributed by atoms with Gasteiger partial charge in [-0.15, -0.1) is 0 Å². The summed E-state index contributed by atoms with van der Waals surface area (Å²) < 4.78 is 2.18. The van der Waals surface area contributed by atoms with E-state index in [2.05, 4.69) is 14.5 Å². The standard InChI is InChI=1S/C26H36ClN5O2/c1-21(33)31-15-8-23(9-16-31)26(34)32(25-5-2-4-24(27)18-25)12-3-11-29-13-6-22(7-14-29)19-30-17-10-28-20-30/h2,4-5,10,17-18,20,22-23H,3,6-9,11-16,19H2,1H3. The van der Waals surface area contributed by atoms with Crippen LogP contribution in [-0.2, 0) is 16.1 Å². The third-order valence-electron chi connectivity index (χ3n) is 7.27. The number of anilines is 1. The van der Waals surface area contributed by atoms with Crippen molar-refractivity contribution in [3.05, 3.63) is 48.0 Å². The van der Waals surface area contributed by atoms with Crippen LogP contribution in [-0.4, -0.2) is 70.4 Å². The summed E-state index contributed by atoms with van der Waals surface area (Å²) in [6, 6.07) is 7.59. The van der Waals surface area contributed by atoms with Crippen molar-refractivity contribution in [2.24, 2.45) is 11.8 Å². The molecule has 2 aliphatic heterocycles. The molecular weight excluding hydrogens is 450 g/mol. The zero-order chi connectivity index (χ0) is 23.9. The molecule has 0 saturated carbocycles. The fourth-order valence-corrected chi connectivity index (χ4v) is 5.39. The van der Waals surface area contributed by atoms with Crippen LogP contribution < -0.4 is 4.90 Å². The highest BCUT2D eigenvalue weighted by atomic mass is 35.5. The molecule has 2 fully saturated rings. The predicted molar refractivity (Wildman–Crippen MR) is 135 cm³/mol. The van der Waals surface area contributed by atoms with Gasteiger partial charge >= 0.3 is 0 Å². The molecule has 2 aliphatic rings. The highest BCUT2D eigenvalue weighted by Crippen LogP contribution is 2.26. The second-order valence-corrected chi connectivity index (χ2v) is 10.1. The Balaban J connectivity index is 1.30. The van der Waals surface area contributed by atoms with Gasteiger partial charge in [0.25, 0.3) is 0 Å². The van der Waals surface area contributed by atoms with E-state index in [9.17, 15) is 9.59 Å². The van der Waals surface area contributed by atoms with Gasteiger partial charge in [0.05, 0.1) is 6.33 Å². The number of carbonyl (C=O) groups is 2. The molecule has 3 heterocycles. The molecule has 2 amide bonds. The summed E-state index contributed by atoms with van der Waals surface area (Å²) in [5, 5.41) is 0.640. The normalized spacial score (nSPS) is 18.2. The minimum atomic E-state index is -0.0477. The lowest BCUT2D eigenvalue weighted by molar-refractivity contribution is -0.133. The first-order valence-electron chi connectivity index (χ1n) is 12.5. The monoisotopic (exact) mass is 485 g/mol. The number of benzene rings is 1. The predicted octanol–water partition coefficient (Wildman–Crippen LogP) is 3.93. The molecule has 0 spiro atoms. The molecule has 0 atom stereocenters. The van der Waals surface area contributed by atoms with E-state index >= 15 is 0 Å². The maximum absolute atomic E-state index is 13.5. The highest BCUT2D eigenvalue weighted by Gasteiger charge is 2.30. The van der Waals surface area contributed by atoms with Crippen molar-refractivity contribution in [3.63, 3.8) is 0 Å². The van der Waals surface area contributed by atoms with Crippen molar-refractivity contribution in [1.29, 1.82) is 0 Å². The van der Waals surface area contributed by atoms with Crippen molar-refractivity contribution in [2.75, 3.05) is 44.2 Å². The average molecular weight is 486 g/mol. The summed E-state index contributed by atoms with van der Waals surface area (Å²) in [6.07, 6.45) is 10.6. The van der Waals surface area contributed by atoms with E-state index in [0.717, 1.165) is 51.1 Å². The average Bonchev–Trinajstić information content (AvgIpc) is 3.35. The molecular formula is C26H36ClN5O2. The van der Waals surface area contributed by atoms with Gasteiger partial charge in [0.1, 0.15) is 0 Å². The van der Waals surface area contributed by atoms with Gasteiger partial charge in [0.15, 0.2) is 0 Å². The molecule has 2 saturated heterocycles. The second-order valence-electron chi connectivity index (χ2n) is 9.65. The number of carbonyl (C=O) groups excluding carboxylic acids is 2. The molecule has 184 valence electrons. The Morgan fingerprint density at radius 3 is 2.53 bits per heavy atom. The number of hydrogen-bond donors (Lipinski definition) is 0. The van der Waals surface area contributed by atoms with Gasteiger partial charge < -0.3 is 19.3 Å². The molecule has 0 unspecified atom stereocenters. The van der Waals surface area contributed by atoms with E-state index in [0.29, 0.717) is 30.6 Å². The molecule has 0 N–H and O–H groups in total. The Kier molecular flexibility index (Phi) is 8.62. The lowest BCUT2D eigenvalue weighted by Gasteiger charge is -2.35. The number of amides is 2. The number of hydrogen-bond acceptors (Lipinski definition) is 4. The number of rotatable bonds is 8. The minimum absolute atomic E-state index is 0.0477. The van der Waals surface area contributed by atoms with Crippen LogP contribution in [0.1, 0.15) is 39.0 Å². The Bertz CT molecular complexity index is 934. The molecule has 4 rings (SSSR count). The van der Waals surface area contributed by atoms with E-state index in [1.54, 1.807) is 6.92 Å². The SMILES string of the molecule is CC(=O)N1CCC(C(=O)N(CCCN2CCC(Cn3ccnc3)CC2)c2cccc(Cl)c2)CC1. The first-order valence-corrected chi connectivity index (χ1v) is 12.9. The summed E-state index contributed by atoms with van der Waals surface area (Å²) in [4.78, 5) is 35.6. The smallest absolute Gasteiger partial charge is 0.230 e. The first-order chi connectivity index (χ1) is 16.5. The third kappa shape index (κ3) is 6.60. The van der Waals surface area contributed by atoms with Crippen LogP contribution in [0.2, 0.25) is 5.02 Å². The van der Waals surface area contributed by atoms with Crippen LogP contribution in [0.4, 0.5) is 5.69 Å². The van der Waals surface area contributed by atoms with Gasteiger partial charge in [-0.2, -0.15) is 0 Å². The molecule has 0 bridgehead atoms. The van der Waals surface area contributed by atoms with Gasteiger partial charge in [0.2, 0.25) is 11.8 Å². The molecule has 1 aromatic heterocycles. The van der Waals surface area contributed by atoms with Gasteiger partial charge in [-0.25, -0.2) is 4.98 Å². The van der Waals surface area contributed by atoms with Crippen molar-refractivity contribution < 1.29 is 9.59 Å². The van der Waals surface area contributed by atoms with Crippen LogP contribution in [0.25, 0.3) is 0 Å². The fraction of sp³-hybridized carbons (Fsp3) is 0.577. The molecule has 0 radical (unpaired) electrons. The number of piperidine rings is 2. The Morgan fingerprint density at radius 1 is 1.12 bits per heavy atom. The van der Waals surface area contributed by atoms with Gasteiger partial charge in [-0.1, -0.05) is 17.7 Å². The van der Waals surface area contributed by atoms with Crippen LogP contribution in [0, 0.1) is 11.8 Å². The molecule has 7 nitrogen and oxygen atoms in total. The van der Waals surface area contributed by atoms with Crippen molar-refractivity contribution in [2.45, 2.75) is 45.6 Å². The Morgan fingerprint density at radius 2 is 1.88 bits per heavy atom. The second kappa shape index (κ2) is 11.8. The molecule has 8 heteroatoms. The molecule has 0 aliphatic carbocycles. The van der Waals surface area contributed by atoms with Crippen LogP contribution in [0.15, 0.2) is 43.0 Å². The summed E-state index contributed by atoms with van der Waals surface area (Å²) >= 11 is 6.26. The molecule has 1 aromatic carbocycles. The largest absolute Gasteiger partial charge is 0.343 e. The summed E-state index contributed by atoms with van der Waals surface area (Å²) in [5.74, 6) is 0.903. The summed E-state index contributed by atoms with van der Waals surface area (Å²) in [6.45, 7) is 7.84. The zero-order valence-corrected chi connectivity index (χ0v) is 20.9. The lowest BCUT2D eigenvalue weighted by atomic mass is 9.94. The number of nitrogens with zero attached hydrogens (tertiary/aromatic N) is 5. The van der Waals surface area contributed by atoms with Crippen LogP contribution in [0.3, 0.4) is 0 Å². The Labute approximate surface area is 207 Å². The van der Waals surface area contributed by atoms with E-state index < -0.39 is 0 Å². The topological polar surface area (TPSA) is 61.7 Å². The molecule has 34 heavy (non-hydrogen) atoms. The fourth-order valence-electron chi connectivity index (χ4n) is 5.21. The van der Waals surface area contributed by atoms with E-state index in [1.165, 1.54) is 12.8 Å². The number of imidazole rings is 1. The summed E-state index contributed by atoms with van der Waals surface area (Å²) in [5.41, 5.74) is 0.866. The minimum Gasteiger partial charge on any atom is -0.343 e. The maximum Gasteiger partial charge on any atom is 0.230 e. The molecule has 2 aromatic rings. The first kappa shape index (κ1) is 24.7. The number of halogens is 1. The third-order valence-corrected chi connectivity index (χ3v) is 7.50. The highest BCUT2D eigenvalue weighted by molar-refractivity contribution is 6.30. The number of likely N-dealkylation sites (tertiary alicyclic amines) is 2. The Hall–Kier alpha value is -2.38. The zero-order valence-electron chi connectivity index (χ0n) is 20.1. The lowest BCUT2D eigenvalue weighted by Crippen LogP contribution is -2.45. The van der Waals surface area contributed by atoms with E-state index in [-0.39, 0.29) is 17.7 Å². The summed E-state index contributed by atoms with van der Waals surface area (Å²) in [7, 11) is 0. The maximum atomic E-state index is 13.5. The van der Waals surface area contributed by atoms with Gasteiger partial charge in [-0.3, -0.25) is 9.59 Å². The van der Waals surface area contributed by atoms with Gasteiger partial charge in [-0.05, 0) is 75.9 Å².